The second-order valence-electron chi connectivity index (χ2n) is 7.92. The lowest BCUT2D eigenvalue weighted by molar-refractivity contribution is 0.168. The second kappa shape index (κ2) is 7.67. The van der Waals surface area contributed by atoms with Gasteiger partial charge in [-0.05, 0) is 54.2 Å². The maximum absolute atomic E-state index is 10.7. The molecule has 1 aliphatic carbocycles. The maximum atomic E-state index is 10.7. The Hall–Kier alpha value is -3.20. The Balaban J connectivity index is 1.83. The minimum Gasteiger partial charge on any atom is -0.512 e. The fourth-order valence-corrected chi connectivity index (χ4v) is 4.44. The third-order valence-corrected chi connectivity index (χ3v) is 5.90. The summed E-state index contributed by atoms with van der Waals surface area (Å²) in [7, 11) is 0. The minimum absolute atomic E-state index is 0.101. The predicted molar refractivity (Wildman–Crippen MR) is 117 cm³/mol. The number of phenolic OH excluding ortho intramolecular Hbond substituents is 1. The quantitative estimate of drug-likeness (QED) is 0.625. The van der Waals surface area contributed by atoms with Crippen molar-refractivity contribution in [3.05, 3.63) is 113 Å². The first-order valence-corrected chi connectivity index (χ1v) is 10.0. The van der Waals surface area contributed by atoms with Crippen LogP contribution in [-0.2, 0) is 6.54 Å². The summed E-state index contributed by atoms with van der Waals surface area (Å²) < 4.78 is 0. The lowest BCUT2D eigenvalue weighted by atomic mass is 9.74. The van der Waals surface area contributed by atoms with Crippen molar-refractivity contribution in [1.29, 1.82) is 0 Å². The molecule has 0 aromatic heterocycles. The van der Waals surface area contributed by atoms with Crippen molar-refractivity contribution in [2.45, 2.75) is 32.4 Å². The number of piperidine rings is 1. The summed E-state index contributed by atoms with van der Waals surface area (Å²) in [4.78, 5) is 2.26. The summed E-state index contributed by atoms with van der Waals surface area (Å²) >= 11 is 0. The Morgan fingerprint density at radius 3 is 2.34 bits per heavy atom. The monoisotopic (exact) mass is 385 g/mol. The molecule has 2 atom stereocenters. The molecule has 0 saturated carbocycles. The van der Waals surface area contributed by atoms with Gasteiger partial charge in [0.25, 0.3) is 0 Å². The van der Waals surface area contributed by atoms with Crippen LogP contribution in [0.3, 0.4) is 0 Å². The number of fused-ring (bicyclic) bond motifs is 1. The number of hydrogen-bond donors (Lipinski definition) is 2. The molecule has 2 aromatic rings. The average molecular weight is 386 g/mol. The molecule has 29 heavy (non-hydrogen) atoms. The highest BCUT2D eigenvalue weighted by Gasteiger charge is 2.41. The predicted octanol–water partition coefficient (Wildman–Crippen LogP) is 6.11. The average Bonchev–Trinajstić information content (AvgIpc) is 2.72. The van der Waals surface area contributed by atoms with Gasteiger partial charge < -0.3 is 15.1 Å². The van der Waals surface area contributed by atoms with Crippen LogP contribution in [0.2, 0.25) is 0 Å². The van der Waals surface area contributed by atoms with Gasteiger partial charge >= 0.3 is 0 Å². The second-order valence-corrected chi connectivity index (χ2v) is 7.92. The van der Waals surface area contributed by atoms with Crippen molar-refractivity contribution >= 4 is 0 Å². The maximum Gasteiger partial charge on any atom is 0.115 e. The van der Waals surface area contributed by atoms with Crippen molar-refractivity contribution in [2.24, 2.45) is 5.92 Å². The Labute approximate surface area is 172 Å². The summed E-state index contributed by atoms with van der Waals surface area (Å²) in [6.07, 6.45) is 6.40. The van der Waals surface area contributed by atoms with Gasteiger partial charge in [-0.3, -0.25) is 0 Å². The van der Waals surface area contributed by atoms with Crippen LogP contribution >= 0.6 is 0 Å². The van der Waals surface area contributed by atoms with Crippen LogP contribution in [0.15, 0.2) is 96.4 Å². The highest BCUT2D eigenvalue weighted by Crippen LogP contribution is 2.50. The minimum atomic E-state index is -0.216. The van der Waals surface area contributed by atoms with E-state index in [1.165, 1.54) is 5.56 Å². The van der Waals surface area contributed by atoms with Gasteiger partial charge in [-0.1, -0.05) is 67.3 Å². The normalized spacial score (nSPS) is 21.3. The van der Waals surface area contributed by atoms with E-state index >= 15 is 0 Å². The van der Waals surface area contributed by atoms with Crippen molar-refractivity contribution in [3.8, 4) is 5.75 Å². The topological polar surface area (TPSA) is 43.7 Å². The molecule has 2 aliphatic rings. The third kappa shape index (κ3) is 3.61. The van der Waals surface area contributed by atoms with Gasteiger partial charge in [-0.25, -0.2) is 0 Å². The van der Waals surface area contributed by atoms with Crippen LogP contribution in [0.5, 0.6) is 5.75 Å². The zero-order chi connectivity index (χ0) is 20.5. The molecule has 1 heterocycles. The zero-order valence-corrected chi connectivity index (χ0v) is 16.8. The van der Waals surface area contributed by atoms with E-state index in [2.05, 4.69) is 61.4 Å². The van der Waals surface area contributed by atoms with Gasteiger partial charge in [-0.2, -0.15) is 0 Å². The highest BCUT2D eigenvalue weighted by molar-refractivity contribution is 5.54. The highest BCUT2D eigenvalue weighted by atomic mass is 16.3. The Kier molecular flexibility index (Phi) is 5.06. The molecule has 0 radical (unpaired) electrons. The van der Waals surface area contributed by atoms with Crippen LogP contribution in [0, 0.1) is 12.8 Å². The lowest BCUT2D eigenvalue weighted by Crippen LogP contribution is -2.40. The Morgan fingerprint density at radius 2 is 1.69 bits per heavy atom. The van der Waals surface area contributed by atoms with Crippen LogP contribution in [0.1, 0.15) is 35.6 Å². The number of rotatable bonds is 4. The van der Waals surface area contributed by atoms with Gasteiger partial charge in [0.05, 0.1) is 17.7 Å². The van der Waals surface area contributed by atoms with Crippen LogP contribution in [0.4, 0.5) is 0 Å². The van der Waals surface area contributed by atoms with Crippen LogP contribution in [0.25, 0.3) is 0 Å². The van der Waals surface area contributed by atoms with E-state index in [1.54, 1.807) is 12.1 Å². The van der Waals surface area contributed by atoms with Gasteiger partial charge in [0, 0.05) is 12.2 Å². The molecule has 2 N–H and O–H groups in total. The number of aliphatic hydroxyl groups is 1. The van der Waals surface area contributed by atoms with Crippen molar-refractivity contribution < 1.29 is 10.2 Å². The Morgan fingerprint density at radius 1 is 1.03 bits per heavy atom. The first kappa shape index (κ1) is 19.1. The summed E-state index contributed by atoms with van der Waals surface area (Å²) in [6.45, 7) is 11.1. The Bertz CT molecular complexity index is 996. The SMILES string of the molecule is C=C(O)[C@H]1C2=CCCC=C2C(=C)N(Cc2ccc(O)cc2)[C@@H]1c1ccc(C)cc1. The number of phenols is 1. The number of aromatic hydroxyl groups is 1. The number of nitrogens with zero attached hydrogens (tertiary/aromatic N) is 1. The van der Waals surface area contributed by atoms with Crippen molar-refractivity contribution in [2.75, 3.05) is 0 Å². The van der Waals surface area contributed by atoms with E-state index in [9.17, 15) is 10.2 Å². The molecule has 4 rings (SSSR count). The molecule has 0 bridgehead atoms. The fourth-order valence-electron chi connectivity index (χ4n) is 4.44. The van der Waals surface area contributed by atoms with Crippen molar-refractivity contribution in [1.82, 2.24) is 4.90 Å². The molecule has 1 aliphatic heterocycles. The molecule has 3 heteroatoms. The van der Waals surface area contributed by atoms with Gasteiger partial charge in [0.1, 0.15) is 5.75 Å². The lowest BCUT2D eigenvalue weighted by Gasteiger charge is -2.47. The van der Waals surface area contributed by atoms with E-state index in [0.717, 1.165) is 40.8 Å². The standard InChI is InChI=1S/C26H27NO2/c1-17-8-12-21(13-9-17)26-25(19(3)28)24-7-5-4-6-23(24)18(2)27(26)16-20-10-14-22(29)15-11-20/h6-15,25-26,28-29H,2-5,16H2,1H3/t25-,26+/m0/s1. The molecule has 1 fully saturated rings. The third-order valence-electron chi connectivity index (χ3n) is 5.90. The molecular formula is C26H27NO2. The van der Waals surface area contributed by atoms with Gasteiger partial charge in [-0.15, -0.1) is 0 Å². The van der Waals surface area contributed by atoms with Gasteiger partial charge in [0.15, 0.2) is 0 Å². The van der Waals surface area contributed by atoms with E-state index in [4.69, 9.17) is 0 Å². The fraction of sp³-hybridized carbons (Fsp3) is 0.231. The van der Waals surface area contributed by atoms with E-state index in [1.807, 2.05) is 12.1 Å². The zero-order valence-electron chi connectivity index (χ0n) is 16.8. The largest absolute Gasteiger partial charge is 0.512 e. The van der Waals surface area contributed by atoms with E-state index in [0.29, 0.717) is 6.54 Å². The molecule has 148 valence electrons. The number of likely N-dealkylation sites (tertiary alicyclic amines) is 1. The van der Waals surface area contributed by atoms with Crippen LogP contribution in [-0.4, -0.2) is 15.1 Å². The molecule has 0 spiro atoms. The van der Waals surface area contributed by atoms with Gasteiger partial charge in [0.2, 0.25) is 0 Å². The van der Waals surface area contributed by atoms with Crippen molar-refractivity contribution in [3.63, 3.8) is 0 Å². The summed E-state index contributed by atoms with van der Waals surface area (Å²) in [5, 5.41) is 20.3. The molecule has 3 nitrogen and oxygen atoms in total. The summed E-state index contributed by atoms with van der Waals surface area (Å²) in [5.74, 6) is 0.216. The summed E-state index contributed by atoms with van der Waals surface area (Å²) in [6, 6.07) is 15.6. The molecular weight excluding hydrogens is 358 g/mol. The number of aliphatic hydroxyl groups excluding tert-OH is 1. The number of aryl methyl sites for hydroxylation is 1. The number of allylic oxidation sites excluding steroid dienone is 3. The smallest absolute Gasteiger partial charge is 0.115 e. The number of hydrogen-bond acceptors (Lipinski definition) is 3. The summed E-state index contributed by atoms with van der Waals surface area (Å²) in [5.41, 5.74) is 6.60. The van der Waals surface area contributed by atoms with Crippen LogP contribution < -0.4 is 0 Å². The molecule has 0 unspecified atom stereocenters. The van der Waals surface area contributed by atoms with E-state index in [-0.39, 0.29) is 23.5 Å². The first-order valence-electron chi connectivity index (χ1n) is 10.0. The van der Waals surface area contributed by atoms with E-state index < -0.39 is 0 Å². The molecule has 0 amide bonds. The molecule has 2 aromatic carbocycles. The first-order chi connectivity index (χ1) is 14.0. The molecule has 1 saturated heterocycles. The number of benzene rings is 2.